The summed E-state index contributed by atoms with van der Waals surface area (Å²) in [4.78, 5) is 0. The summed E-state index contributed by atoms with van der Waals surface area (Å²) in [7, 11) is 0.382. The Bertz CT molecular complexity index is 328. The van der Waals surface area contributed by atoms with Crippen molar-refractivity contribution in [3.63, 3.8) is 0 Å². The highest BCUT2D eigenvalue weighted by atomic mass is 32.2. The highest BCUT2D eigenvalue weighted by molar-refractivity contribution is 7.98. The van der Waals surface area contributed by atoms with Gasteiger partial charge in [-0.25, -0.2) is 0 Å². The van der Waals surface area contributed by atoms with Crippen LogP contribution in [0.4, 0.5) is 0 Å². The maximum atomic E-state index is 10.5. The van der Waals surface area contributed by atoms with Gasteiger partial charge in [0.2, 0.25) is 0 Å². The van der Waals surface area contributed by atoms with Gasteiger partial charge in [0, 0.05) is 0 Å². The van der Waals surface area contributed by atoms with Gasteiger partial charge in [-0.3, -0.25) is 0 Å². The van der Waals surface area contributed by atoms with Crippen LogP contribution in [0.25, 0.3) is 0 Å². The Morgan fingerprint density at radius 1 is 1.12 bits per heavy atom. The highest BCUT2D eigenvalue weighted by Gasteiger charge is 2.46. The van der Waals surface area contributed by atoms with Crippen LogP contribution in [0.2, 0.25) is 0 Å². The summed E-state index contributed by atoms with van der Waals surface area (Å²) in [5, 5.41) is 10.5. The first kappa shape index (κ1) is 12.0. The van der Waals surface area contributed by atoms with Gasteiger partial charge in [0.1, 0.15) is 17.6 Å². The third-order valence-electron chi connectivity index (χ3n) is 3.55. The summed E-state index contributed by atoms with van der Waals surface area (Å²) in [6.07, 6.45) is 2.36. The molecule has 1 N–H and O–H groups in total. The number of rotatable bonds is 3. The van der Waals surface area contributed by atoms with Gasteiger partial charge in [-0.2, -0.15) is 0 Å². The maximum Gasteiger partial charge on any atom is 0.152 e. The third kappa shape index (κ3) is 2.28. The van der Waals surface area contributed by atoms with Gasteiger partial charge < -0.3 is 5.11 Å². The molecule has 0 spiro atoms. The molecule has 1 aliphatic heterocycles. The SMILES string of the molecule is CC(C)(C(O)c1ccccc1)[S+]1CCCC1. The Balaban J connectivity index is 2.16. The molecule has 2 rings (SSSR count). The van der Waals surface area contributed by atoms with E-state index in [0.717, 1.165) is 5.56 Å². The van der Waals surface area contributed by atoms with Crippen LogP contribution >= 0.6 is 0 Å². The van der Waals surface area contributed by atoms with Gasteiger partial charge in [0.25, 0.3) is 0 Å². The van der Waals surface area contributed by atoms with E-state index in [9.17, 15) is 5.11 Å². The first-order valence-electron chi connectivity index (χ1n) is 6.03. The lowest BCUT2D eigenvalue weighted by atomic mass is 9.98. The third-order valence-corrected chi connectivity index (χ3v) is 6.82. The van der Waals surface area contributed by atoms with E-state index in [4.69, 9.17) is 0 Å². The lowest BCUT2D eigenvalue weighted by Gasteiger charge is -2.29. The molecular weight excluding hydrogens is 216 g/mol. The summed E-state index contributed by atoms with van der Waals surface area (Å²) < 4.78 is 0.0256. The van der Waals surface area contributed by atoms with Crippen LogP contribution in [-0.4, -0.2) is 21.4 Å². The van der Waals surface area contributed by atoms with Gasteiger partial charge in [-0.05, 0) is 43.1 Å². The van der Waals surface area contributed by atoms with E-state index >= 15 is 0 Å². The number of aliphatic hydroxyl groups is 1. The smallest absolute Gasteiger partial charge is 0.152 e. The molecule has 88 valence electrons. The van der Waals surface area contributed by atoms with E-state index in [2.05, 4.69) is 13.8 Å². The first-order valence-corrected chi connectivity index (χ1v) is 7.59. The van der Waals surface area contributed by atoms with Crippen molar-refractivity contribution in [3.8, 4) is 0 Å². The number of benzene rings is 1. The van der Waals surface area contributed by atoms with Gasteiger partial charge in [-0.1, -0.05) is 30.3 Å². The average Bonchev–Trinajstić information content (AvgIpc) is 2.83. The molecule has 0 aliphatic carbocycles. The molecule has 0 aromatic heterocycles. The van der Waals surface area contributed by atoms with Crippen LogP contribution in [0.1, 0.15) is 38.4 Å². The predicted octanol–water partition coefficient (Wildman–Crippen LogP) is 2.91. The highest BCUT2D eigenvalue weighted by Crippen LogP contribution is 2.37. The Morgan fingerprint density at radius 2 is 1.69 bits per heavy atom. The van der Waals surface area contributed by atoms with E-state index in [-0.39, 0.29) is 10.9 Å². The molecule has 2 heteroatoms. The minimum Gasteiger partial charge on any atom is -0.383 e. The predicted molar refractivity (Wildman–Crippen MR) is 71.8 cm³/mol. The molecule has 1 heterocycles. The fourth-order valence-corrected chi connectivity index (χ4v) is 5.19. The van der Waals surface area contributed by atoms with Crippen molar-refractivity contribution >= 4 is 10.9 Å². The quantitative estimate of drug-likeness (QED) is 0.801. The second-order valence-corrected chi connectivity index (χ2v) is 7.88. The van der Waals surface area contributed by atoms with Crippen LogP contribution in [0, 0.1) is 0 Å². The molecule has 0 bridgehead atoms. The first-order chi connectivity index (χ1) is 7.62. The zero-order valence-corrected chi connectivity index (χ0v) is 11.0. The Kier molecular flexibility index (Phi) is 3.60. The van der Waals surface area contributed by atoms with Crippen molar-refractivity contribution < 1.29 is 5.11 Å². The molecule has 1 saturated heterocycles. The van der Waals surface area contributed by atoms with E-state index in [1.165, 1.54) is 24.3 Å². The zero-order chi connectivity index (χ0) is 11.6. The molecule has 0 amide bonds. The molecule has 1 aliphatic rings. The number of aliphatic hydroxyl groups excluding tert-OH is 1. The summed E-state index contributed by atoms with van der Waals surface area (Å²) in [6, 6.07) is 10.1. The lowest BCUT2D eigenvalue weighted by molar-refractivity contribution is 0.143. The van der Waals surface area contributed by atoms with Crippen molar-refractivity contribution in [2.45, 2.75) is 37.5 Å². The van der Waals surface area contributed by atoms with Crippen molar-refractivity contribution in [1.29, 1.82) is 0 Å². The Labute approximate surface area is 101 Å². The fourth-order valence-electron chi connectivity index (χ4n) is 2.38. The number of hydrogen-bond donors (Lipinski definition) is 1. The molecule has 1 aromatic carbocycles. The van der Waals surface area contributed by atoms with Crippen LogP contribution in [-0.2, 0) is 10.9 Å². The topological polar surface area (TPSA) is 20.2 Å². The second kappa shape index (κ2) is 4.80. The molecule has 1 aromatic rings. The molecule has 0 saturated carbocycles. The minimum atomic E-state index is -0.324. The van der Waals surface area contributed by atoms with Gasteiger partial charge in [-0.15, -0.1) is 0 Å². The van der Waals surface area contributed by atoms with E-state index < -0.39 is 0 Å². The lowest BCUT2D eigenvalue weighted by Crippen LogP contribution is -2.39. The maximum absolute atomic E-state index is 10.5. The van der Waals surface area contributed by atoms with Crippen molar-refractivity contribution in [2.75, 3.05) is 11.5 Å². The second-order valence-electron chi connectivity index (χ2n) is 5.02. The summed E-state index contributed by atoms with van der Waals surface area (Å²) in [6.45, 7) is 4.44. The monoisotopic (exact) mass is 237 g/mol. The fraction of sp³-hybridized carbons (Fsp3) is 0.571. The van der Waals surface area contributed by atoms with Crippen LogP contribution in [0.3, 0.4) is 0 Å². The molecule has 1 nitrogen and oxygen atoms in total. The molecule has 1 fully saturated rings. The van der Waals surface area contributed by atoms with Crippen LogP contribution < -0.4 is 0 Å². The number of hydrogen-bond acceptors (Lipinski definition) is 1. The minimum absolute atomic E-state index is 0.0256. The van der Waals surface area contributed by atoms with Gasteiger partial charge in [0.05, 0.1) is 0 Å². The molecular formula is C14H21OS+. The Hall–Kier alpha value is -0.470. The normalized spacial score (nSPS) is 19.9. The average molecular weight is 237 g/mol. The van der Waals surface area contributed by atoms with E-state index in [0.29, 0.717) is 10.9 Å². The molecule has 0 radical (unpaired) electrons. The van der Waals surface area contributed by atoms with Crippen molar-refractivity contribution in [1.82, 2.24) is 0 Å². The van der Waals surface area contributed by atoms with Gasteiger partial charge in [0.15, 0.2) is 4.75 Å². The van der Waals surface area contributed by atoms with E-state index in [1.807, 2.05) is 30.3 Å². The standard InChI is InChI=1S/C14H21OS/c1-14(2,16-10-6-7-11-16)13(15)12-8-4-3-5-9-12/h3-5,8-9,13,15H,6-7,10-11H2,1-2H3/q+1. The summed E-state index contributed by atoms with van der Waals surface area (Å²) in [5.41, 5.74) is 1.06. The zero-order valence-electron chi connectivity index (χ0n) is 10.1. The summed E-state index contributed by atoms with van der Waals surface area (Å²) in [5.74, 6) is 2.60. The van der Waals surface area contributed by atoms with E-state index in [1.54, 1.807) is 0 Å². The Morgan fingerprint density at radius 3 is 2.25 bits per heavy atom. The molecule has 16 heavy (non-hydrogen) atoms. The largest absolute Gasteiger partial charge is 0.383 e. The molecule has 1 unspecified atom stereocenters. The van der Waals surface area contributed by atoms with Crippen molar-refractivity contribution in [3.05, 3.63) is 35.9 Å². The van der Waals surface area contributed by atoms with Crippen molar-refractivity contribution in [2.24, 2.45) is 0 Å². The van der Waals surface area contributed by atoms with Crippen LogP contribution in [0.5, 0.6) is 0 Å². The van der Waals surface area contributed by atoms with Crippen LogP contribution in [0.15, 0.2) is 30.3 Å². The molecule has 1 atom stereocenters. The summed E-state index contributed by atoms with van der Waals surface area (Å²) >= 11 is 0. The van der Waals surface area contributed by atoms with Gasteiger partial charge >= 0.3 is 0 Å².